The van der Waals surface area contributed by atoms with E-state index < -0.39 is 11.1 Å². The molecule has 21 heteroatoms. The molecule has 6 rings (SSSR count). The fourth-order valence-corrected chi connectivity index (χ4v) is 5.66. The fraction of sp³-hybridized carbons (Fsp3) is 0.250. The van der Waals surface area contributed by atoms with Crippen LogP contribution in [0.4, 0.5) is 34.4 Å². The number of nitrogens with zero attached hydrogens (tertiary/aromatic N) is 16. The minimum absolute atomic E-state index is 0. The van der Waals surface area contributed by atoms with Crippen molar-refractivity contribution in [3.8, 4) is 35.5 Å². The molecule has 0 aromatic carbocycles. The van der Waals surface area contributed by atoms with Crippen LogP contribution in [-0.2, 0) is 29.6 Å². The Morgan fingerprint density at radius 3 is 1.74 bits per heavy atom. The zero-order chi connectivity index (χ0) is 43.3. The van der Waals surface area contributed by atoms with Crippen LogP contribution in [0.2, 0.25) is 0 Å². The summed E-state index contributed by atoms with van der Waals surface area (Å²) in [5.41, 5.74) is -0.660. The summed E-state index contributed by atoms with van der Waals surface area (Å²) in [4.78, 5) is 40.1. The SMILES string of the molecule is CCCCn1c(O)c(N=Nc2c(C#N)cnn2-c2ccccn2)c(C)c(C#N)c1=O.[C-]#[N+]c1cnn(-c2ccccn2)c1N=Nc1c(C)c([N+]#[C-])c(=O)n(CCCC)c1O.[Ni]. The zero-order valence-electron chi connectivity index (χ0n) is 33.2. The van der Waals surface area contributed by atoms with Crippen molar-refractivity contribution in [2.75, 3.05) is 0 Å². The molecule has 0 spiro atoms. The van der Waals surface area contributed by atoms with Crippen molar-refractivity contribution in [3.63, 3.8) is 0 Å². The predicted molar refractivity (Wildman–Crippen MR) is 217 cm³/mol. The van der Waals surface area contributed by atoms with Gasteiger partial charge >= 0.3 is 0 Å². The van der Waals surface area contributed by atoms with Crippen LogP contribution < -0.4 is 11.1 Å². The number of aromatic nitrogens is 8. The minimum Gasteiger partial charge on any atom is -0.493 e. The Balaban J connectivity index is 0.000000264. The molecule has 20 nitrogen and oxygen atoms in total. The third-order valence-electron chi connectivity index (χ3n) is 8.91. The van der Waals surface area contributed by atoms with Gasteiger partial charge in [0, 0.05) is 47.5 Å². The topological polar surface area (TPSA) is 252 Å². The normalized spacial score (nSPS) is 10.6. The molecule has 0 saturated carbocycles. The number of hydrogen-bond acceptors (Lipinski definition) is 14. The number of hydrogen-bond donors (Lipinski definition) is 2. The van der Waals surface area contributed by atoms with E-state index in [2.05, 4.69) is 50.3 Å². The molecule has 310 valence electrons. The molecule has 0 fully saturated rings. The van der Waals surface area contributed by atoms with Gasteiger partial charge < -0.3 is 10.2 Å². The molecule has 0 atom stereocenters. The molecule has 6 aromatic rings. The van der Waals surface area contributed by atoms with E-state index in [1.807, 2.05) is 26.0 Å². The molecule has 6 aromatic heterocycles. The van der Waals surface area contributed by atoms with Crippen molar-refractivity contribution in [1.82, 2.24) is 38.7 Å². The van der Waals surface area contributed by atoms with Crippen LogP contribution in [0.25, 0.3) is 21.3 Å². The maximum Gasteiger partial charge on any atom is 0.271 e. The van der Waals surface area contributed by atoms with Gasteiger partial charge in [-0.15, -0.1) is 20.5 Å². The number of rotatable bonds is 12. The van der Waals surface area contributed by atoms with Crippen LogP contribution in [0.5, 0.6) is 11.8 Å². The Labute approximate surface area is 358 Å². The molecule has 6 heterocycles. The van der Waals surface area contributed by atoms with E-state index in [1.54, 1.807) is 48.8 Å². The van der Waals surface area contributed by atoms with E-state index in [4.69, 9.17) is 13.1 Å². The van der Waals surface area contributed by atoms with Crippen molar-refractivity contribution in [3.05, 3.63) is 127 Å². The van der Waals surface area contributed by atoms with E-state index in [0.29, 0.717) is 24.5 Å². The largest absolute Gasteiger partial charge is 0.493 e. The van der Waals surface area contributed by atoms with E-state index >= 15 is 0 Å². The summed E-state index contributed by atoms with van der Waals surface area (Å²) in [5.74, 6) is 0.362. The maximum absolute atomic E-state index is 12.5. The Morgan fingerprint density at radius 1 is 0.721 bits per heavy atom. The first kappa shape index (κ1) is 45.6. The molecule has 0 bridgehead atoms. The Bertz CT molecular complexity index is 2690. The van der Waals surface area contributed by atoms with Gasteiger partial charge in [0.1, 0.15) is 29.0 Å². The molecule has 2 N–H and O–H groups in total. The Morgan fingerprint density at radius 2 is 1.25 bits per heavy atom. The predicted octanol–water partition coefficient (Wildman–Crippen LogP) is 8.16. The minimum atomic E-state index is -0.573. The van der Waals surface area contributed by atoms with E-state index in [9.17, 15) is 30.3 Å². The Kier molecular flexibility index (Phi) is 15.7. The quantitative estimate of drug-likeness (QED) is 0.0678. The summed E-state index contributed by atoms with van der Waals surface area (Å²) in [7, 11) is 0. The second-order valence-electron chi connectivity index (χ2n) is 12.7. The fourth-order valence-electron chi connectivity index (χ4n) is 5.66. The zero-order valence-corrected chi connectivity index (χ0v) is 34.2. The summed E-state index contributed by atoms with van der Waals surface area (Å²) in [5, 5.41) is 64.8. The smallest absolute Gasteiger partial charge is 0.271 e. The maximum atomic E-state index is 12.5. The van der Waals surface area contributed by atoms with Gasteiger partial charge in [-0.3, -0.25) is 18.7 Å². The van der Waals surface area contributed by atoms with Crippen LogP contribution in [0, 0.1) is 49.7 Å². The summed E-state index contributed by atoms with van der Waals surface area (Å²) >= 11 is 0. The number of unbranched alkanes of at least 4 members (excludes halogenated alkanes) is 2. The van der Waals surface area contributed by atoms with E-state index in [-0.39, 0.29) is 98.0 Å². The van der Waals surface area contributed by atoms with Gasteiger partial charge in [0.15, 0.2) is 29.0 Å². The second kappa shape index (κ2) is 21.0. The molecule has 0 unspecified atom stereocenters. The van der Waals surface area contributed by atoms with Gasteiger partial charge in [0.2, 0.25) is 11.8 Å². The standard InChI is InChI=1S/2C20H18N8O2.Ni/c1-5-6-11-27-19(29)16(22-4)13(2)17(20(27)30)25-26-18-14(21-3)12-24-28(18)15-9-7-8-10-23-15;1-3-4-9-27-19(29)15(11-22)13(2)17(20(27)30)25-26-18-14(10-21)12-24-28(18)16-7-5-6-8-23-16;/h7-10,12,30H,5-6,11H2,1-2H3;5-8,12,30H,3-4,9H2,1-2H3;. The molecule has 0 aliphatic carbocycles. The van der Waals surface area contributed by atoms with Gasteiger partial charge in [-0.25, -0.2) is 24.3 Å². The molecule has 0 aliphatic rings. The summed E-state index contributed by atoms with van der Waals surface area (Å²) < 4.78 is 4.94. The first-order chi connectivity index (χ1) is 29.1. The Hall–Kier alpha value is -8.13. The van der Waals surface area contributed by atoms with Crippen molar-refractivity contribution in [2.24, 2.45) is 20.5 Å². The van der Waals surface area contributed by atoms with Gasteiger partial charge in [0.05, 0.1) is 25.5 Å². The number of azo groups is 2. The molecule has 0 radical (unpaired) electrons. The van der Waals surface area contributed by atoms with Crippen LogP contribution in [0.3, 0.4) is 0 Å². The van der Waals surface area contributed by atoms with Crippen molar-refractivity contribution >= 4 is 34.4 Å². The van der Waals surface area contributed by atoms with Gasteiger partial charge in [-0.05, 0) is 56.5 Å². The first-order valence-corrected chi connectivity index (χ1v) is 18.4. The van der Waals surface area contributed by atoms with E-state index in [0.717, 1.165) is 22.0 Å². The van der Waals surface area contributed by atoms with Crippen LogP contribution in [-0.4, -0.2) is 48.9 Å². The average molecular weight is 864 g/mol. The molecule has 0 aliphatic heterocycles. The van der Waals surface area contributed by atoms with Crippen molar-refractivity contribution in [2.45, 2.75) is 66.5 Å². The number of pyridine rings is 4. The molecule has 0 amide bonds. The van der Waals surface area contributed by atoms with Crippen LogP contribution >= 0.6 is 0 Å². The second-order valence-corrected chi connectivity index (χ2v) is 12.7. The summed E-state index contributed by atoms with van der Waals surface area (Å²) in [6, 6.07) is 14.3. The van der Waals surface area contributed by atoms with Crippen molar-refractivity contribution < 1.29 is 26.7 Å². The average Bonchev–Trinajstić information content (AvgIpc) is 3.88. The number of nitriles is 2. The van der Waals surface area contributed by atoms with Gasteiger partial charge in [-0.1, -0.05) is 38.8 Å². The van der Waals surface area contributed by atoms with Gasteiger partial charge in [0.25, 0.3) is 22.5 Å². The molecular weight excluding hydrogens is 827 g/mol. The molecular formula is C40H36N16NiO4. The molecule has 61 heavy (non-hydrogen) atoms. The summed E-state index contributed by atoms with van der Waals surface area (Å²) in [6.07, 6.45) is 8.73. The number of aromatic hydroxyl groups is 2. The van der Waals surface area contributed by atoms with Gasteiger partial charge in [-0.2, -0.15) is 25.4 Å². The van der Waals surface area contributed by atoms with Crippen LogP contribution in [0.15, 0.2) is 91.2 Å². The van der Waals surface area contributed by atoms with Crippen molar-refractivity contribution in [1.29, 1.82) is 10.5 Å². The third-order valence-corrected chi connectivity index (χ3v) is 8.91. The van der Waals surface area contributed by atoms with E-state index in [1.165, 1.54) is 35.6 Å². The van der Waals surface area contributed by atoms with Crippen LogP contribution in [0.1, 0.15) is 61.8 Å². The molecule has 0 saturated heterocycles. The third kappa shape index (κ3) is 9.61. The monoisotopic (exact) mass is 862 g/mol. The first-order valence-electron chi connectivity index (χ1n) is 18.4. The summed E-state index contributed by atoms with van der Waals surface area (Å²) in [6.45, 7) is 22.1.